The number of rotatable bonds is 10. The average molecular weight is 418 g/mol. The number of carbonyl (C=O) groups is 1. The van der Waals surface area contributed by atoms with Gasteiger partial charge in [0.25, 0.3) is 0 Å². The molecule has 0 saturated heterocycles. The Morgan fingerprint density at radius 1 is 0.929 bits per heavy atom. The molecule has 0 aliphatic rings. The topological polar surface area (TPSA) is 54.0 Å². The van der Waals surface area contributed by atoms with Crippen molar-refractivity contribution in [2.45, 2.75) is 38.7 Å². The molecule has 0 spiro atoms. The third-order valence-corrected chi connectivity index (χ3v) is 9.43. The van der Waals surface area contributed by atoms with Crippen LogP contribution in [-0.2, 0) is 4.12 Å². The molecule has 0 heterocycles. The number of hydrogen-bond donors (Lipinski definition) is 0. The van der Waals surface area contributed by atoms with Crippen molar-refractivity contribution >= 4 is 23.3 Å². The van der Waals surface area contributed by atoms with Crippen LogP contribution in [0.4, 0.5) is 0 Å². The lowest BCUT2D eigenvalue weighted by Crippen LogP contribution is -2.35. The maximum Gasteiger partial charge on any atom is 0.343 e. The predicted octanol–water partition coefficient (Wildman–Crippen LogP) is 5.16. The van der Waals surface area contributed by atoms with Crippen LogP contribution in [0, 0.1) is 0 Å². The standard InChI is InChI=1S/C21H29O5Si2/c1-23-18-9-7-17(8-10-18)21(22)25-20-13-11-19(12-14-20)24-15-6-16-28(4,5)26-27(2)3/h7-14H,6,15-16H2,1-5H3. The summed E-state index contributed by atoms with van der Waals surface area (Å²) in [4.78, 5) is 12.2. The van der Waals surface area contributed by atoms with Crippen LogP contribution in [0.25, 0.3) is 0 Å². The Bertz CT molecular complexity index is 742. The molecule has 0 unspecified atom stereocenters. The Hall–Kier alpha value is -2.10. The Labute approximate surface area is 170 Å². The van der Waals surface area contributed by atoms with Crippen molar-refractivity contribution in [1.29, 1.82) is 0 Å². The SMILES string of the molecule is COc1ccc(C(=O)Oc2ccc(OCCC[Si](C)(C)O[Si](C)C)cc2)cc1. The second kappa shape index (κ2) is 10.4. The zero-order valence-corrected chi connectivity index (χ0v) is 19.3. The van der Waals surface area contributed by atoms with Gasteiger partial charge in [-0.05, 0) is 87.2 Å². The second-order valence-electron chi connectivity index (χ2n) is 7.31. The fraction of sp³-hybridized carbons (Fsp3) is 0.381. The summed E-state index contributed by atoms with van der Waals surface area (Å²) < 4.78 is 22.4. The fourth-order valence-corrected chi connectivity index (χ4v) is 8.61. The van der Waals surface area contributed by atoms with Crippen LogP contribution in [0.5, 0.6) is 17.2 Å². The lowest BCUT2D eigenvalue weighted by molar-refractivity contribution is 0.0734. The third kappa shape index (κ3) is 7.49. The van der Waals surface area contributed by atoms with E-state index in [1.165, 1.54) is 0 Å². The van der Waals surface area contributed by atoms with E-state index in [1.807, 2.05) is 12.1 Å². The first kappa shape index (κ1) is 22.2. The van der Waals surface area contributed by atoms with E-state index in [1.54, 1.807) is 43.5 Å². The molecule has 0 atom stereocenters. The lowest BCUT2D eigenvalue weighted by atomic mass is 10.2. The summed E-state index contributed by atoms with van der Waals surface area (Å²) in [5, 5.41) is 0. The first-order valence-electron chi connectivity index (χ1n) is 9.37. The van der Waals surface area contributed by atoms with Crippen molar-refractivity contribution in [3.8, 4) is 17.2 Å². The zero-order chi connectivity index (χ0) is 20.6. The van der Waals surface area contributed by atoms with Crippen LogP contribution in [0.2, 0.25) is 32.2 Å². The van der Waals surface area contributed by atoms with E-state index in [9.17, 15) is 4.79 Å². The summed E-state index contributed by atoms with van der Waals surface area (Å²) in [6, 6.07) is 15.0. The molecule has 151 valence electrons. The summed E-state index contributed by atoms with van der Waals surface area (Å²) in [6.07, 6.45) is 0.975. The molecule has 0 N–H and O–H groups in total. The largest absolute Gasteiger partial charge is 0.497 e. The Balaban J connectivity index is 1.78. The molecule has 0 fully saturated rings. The number of carbonyl (C=O) groups excluding carboxylic acids is 1. The van der Waals surface area contributed by atoms with Crippen LogP contribution in [0.15, 0.2) is 48.5 Å². The van der Waals surface area contributed by atoms with Crippen molar-refractivity contribution in [1.82, 2.24) is 0 Å². The van der Waals surface area contributed by atoms with Gasteiger partial charge in [-0.15, -0.1) is 0 Å². The van der Waals surface area contributed by atoms with Crippen molar-refractivity contribution in [2.75, 3.05) is 13.7 Å². The van der Waals surface area contributed by atoms with Gasteiger partial charge in [-0.25, -0.2) is 4.79 Å². The van der Waals surface area contributed by atoms with E-state index in [-0.39, 0.29) is 0 Å². The molecule has 0 amide bonds. The molecule has 0 aliphatic heterocycles. The second-order valence-corrected chi connectivity index (χ2v) is 14.0. The van der Waals surface area contributed by atoms with E-state index in [0.717, 1.165) is 18.2 Å². The van der Waals surface area contributed by atoms with E-state index in [4.69, 9.17) is 18.3 Å². The van der Waals surface area contributed by atoms with Crippen molar-refractivity contribution < 1.29 is 23.1 Å². The molecule has 5 nitrogen and oxygen atoms in total. The lowest BCUT2D eigenvalue weighted by Gasteiger charge is -2.25. The molecule has 28 heavy (non-hydrogen) atoms. The minimum Gasteiger partial charge on any atom is -0.497 e. The smallest absolute Gasteiger partial charge is 0.343 e. The molecular weight excluding hydrogens is 388 g/mol. The van der Waals surface area contributed by atoms with E-state index in [2.05, 4.69) is 26.2 Å². The van der Waals surface area contributed by atoms with Crippen LogP contribution in [0.3, 0.4) is 0 Å². The van der Waals surface area contributed by atoms with Gasteiger partial charge in [0, 0.05) is 0 Å². The highest BCUT2D eigenvalue weighted by molar-refractivity contribution is 6.77. The molecule has 0 aliphatic carbocycles. The fourth-order valence-electron chi connectivity index (χ4n) is 2.79. The average Bonchev–Trinajstić information content (AvgIpc) is 2.65. The molecule has 2 aromatic rings. The molecule has 7 heteroatoms. The highest BCUT2D eigenvalue weighted by atomic mass is 28.4. The molecular formula is C21H29O5Si2. The number of benzene rings is 2. The Kier molecular flexibility index (Phi) is 8.28. The first-order chi connectivity index (χ1) is 13.3. The van der Waals surface area contributed by atoms with Gasteiger partial charge in [-0.1, -0.05) is 0 Å². The van der Waals surface area contributed by atoms with E-state index in [0.29, 0.717) is 23.7 Å². The molecule has 2 rings (SSSR count). The monoisotopic (exact) mass is 417 g/mol. The summed E-state index contributed by atoms with van der Waals surface area (Å²) in [7, 11) is -0.631. The van der Waals surface area contributed by atoms with Gasteiger partial charge < -0.3 is 18.3 Å². The van der Waals surface area contributed by atoms with Gasteiger partial charge in [-0.2, -0.15) is 0 Å². The molecule has 1 radical (unpaired) electrons. The number of ether oxygens (including phenoxy) is 3. The van der Waals surface area contributed by atoms with E-state index >= 15 is 0 Å². The number of methoxy groups -OCH3 is 1. The maximum atomic E-state index is 12.2. The third-order valence-electron chi connectivity index (χ3n) is 4.03. The van der Waals surface area contributed by atoms with Crippen LogP contribution < -0.4 is 14.2 Å². The Morgan fingerprint density at radius 3 is 2.07 bits per heavy atom. The summed E-state index contributed by atoms with van der Waals surface area (Å²) in [5.41, 5.74) is 0.471. The van der Waals surface area contributed by atoms with Gasteiger partial charge >= 0.3 is 5.97 Å². The maximum absolute atomic E-state index is 12.2. The van der Waals surface area contributed by atoms with Gasteiger partial charge in [0.2, 0.25) is 0 Å². The van der Waals surface area contributed by atoms with Crippen LogP contribution in [0.1, 0.15) is 16.8 Å². The van der Waals surface area contributed by atoms with Gasteiger partial charge in [0.05, 0.1) is 19.3 Å². The minimum atomic E-state index is -1.57. The predicted molar refractivity (Wildman–Crippen MR) is 115 cm³/mol. The quantitative estimate of drug-likeness (QED) is 0.231. The molecule has 0 saturated carbocycles. The van der Waals surface area contributed by atoms with Crippen molar-refractivity contribution in [3.63, 3.8) is 0 Å². The summed E-state index contributed by atoms with van der Waals surface area (Å²) in [5.74, 6) is 1.54. The number of esters is 1. The summed E-state index contributed by atoms with van der Waals surface area (Å²) in [6.45, 7) is 9.53. The van der Waals surface area contributed by atoms with Crippen molar-refractivity contribution in [3.05, 3.63) is 54.1 Å². The van der Waals surface area contributed by atoms with Gasteiger partial charge in [0.15, 0.2) is 17.4 Å². The zero-order valence-electron chi connectivity index (χ0n) is 17.3. The molecule has 0 bridgehead atoms. The Morgan fingerprint density at radius 2 is 1.50 bits per heavy atom. The van der Waals surface area contributed by atoms with Crippen LogP contribution in [-0.4, -0.2) is 37.0 Å². The highest BCUT2D eigenvalue weighted by Crippen LogP contribution is 2.21. The minimum absolute atomic E-state index is 0.406. The van der Waals surface area contributed by atoms with Crippen LogP contribution >= 0.6 is 0 Å². The molecule has 2 aromatic carbocycles. The van der Waals surface area contributed by atoms with Gasteiger partial charge in [-0.3, -0.25) is 0 Å². The summed E-state index contributed by atoms with van der Waals surface area (Å²) >= 11 is 0. The number of hydrogen-bond acceptors (Lipinski definition) is 5. The molecule has 0 aromatic heterocycles. The van der Waals surface area contributed by atoms with Gasteiger partial charge in [0.1, 0.15) is 17.2 Å². The van der Waals surface area contributed by atoms with E-state index < -0.39 is 23.3 Å². The van der Waals surface area contributed by atoms with Crippen molar-refractivity contribution in [2.24, 2.45) is 0 Å². The normalized spacial score (nSPS) is 11.4. The highest BCUT2D eigenvalue weighted by Gasteiger charge is 2.23. The first-order valence-corrected chi connectivity index (χ1v) is 14.9.